The van der Waals surface area contributed by atoms with E-state index in [0.29, 0.717) is 6.61 Å². The molecule has 1 nitrogen and oxygen atoms in total. The van der Waals surface area contributed by atoms with Crippen LogP contribution in [-0.2, 0) is 0 Å². The van der Waals surface area contributed by atoms with Gasteiger partial charge in [0, 0.05) is 6.61 Å². The molecule has 0 fully saturated rings. The molecule has 0 saturated heterocycles. The number of unbranched alkanes of at least 4 members (excludes halogenated alkanes) is 1. The summed E-state index contributed by atoms with van der Waals surface area (Å²) in [4.78, 5) is 0. The molecular formula is C10H18O. The van der Waals surface area contributed by atoms with Gasteiger partial charge in [-0.15, -0.1) is 0 Å². The quantitative estimate of drug-likeness (QED) is 0.487. The highest BCUT2D eigenvalue weighted by atomic mass is 16.2. The van der Waals surface area contributed by atoms with Gasteiger partial charge >= 0.3 is 0 Å². The number of aliphatic hydroxyl groups excluding tert-OH is 1. The molecule has 0 radical (unpaired) electrons. The van der Waals surface area contributed by atoms with E-state index in [-0.39, 0.29) is 0 Å². The average Bonchev–Trinajstić information content (AvgIpc) is 2.07. The molecule has 0 unspecified atom stereocenters. The van der Waals surface area contributed by atoms with Crippen molar-refractivity contribution < 1.29 is 5.11 Å². The molecule has 1 rings (SSSR count). The van der Waals surface area contributed by atoms with Crippen molar-refractivity contribution in [3.05, 3.63) is 12.2 Å². The Bertz CT molecular complexity index is 118. The Hall–Kier alpha value is -0.300. The molecular weight excluding hydrogens is 136 g/mol. The van der Waals surface area contributed by atoms with Crippen molar-refractivity contribution in [1.82, 2.24) is 0 Å². The highest BCUT2D eigenvalue weighted by Crippen LogP contribution is 2.21. The minimum Gasteiger partial charge on any atom is -0.396 e. The molecule has 0 saturated carbocycles. The van der Waals surface area contributed by atoms with Gasteiger partial charge in [0.25, 0.3) is 0 Å². The molecule has 0 aromatic heterocycles. The normalized spacial score (nSPS) is 23.9. The summed E-state index contributed by atoms with van der Waals surface area (Å²) >= 11 is 0. The average molecular weight is 154 g/mol. The maximum atomic E-state index is 8.58. The smallest absolute Gasteiger partial charge is 0.0431 e. The lowest BCUT2D eigenvalue weighted by Gasteiger charge is -2.15. The van der Waals surface area contributed by atoms with E-state index < -0.39 is 0 Å². The van der Waals surface area contributed by atoms with Gasteiger partial charge in [0.2, 0.25) is 0 Å². The van der Waals surface area contributed by atoms with Crippen LogP contribution in [0.25, 0.3) is 0 Å². The van der Waals surface area contributed by atoms with Crippen LogP contribution in [0.4, 0.5) is 0 Å². The third kappa shape index (κ3) is 3.57. The van der Waals surface area contributed by atoms with Crippen LogP contribution in [0, 0.1) is 5.92 Å². The van der Waals surface area contributed by atoms with Crippen LogP contribution >= 0.6 is 0 Å². The Balaban J connectivity index is 2.05. The first-order chi connectivity index (χ1) is 5.43. The van der Waals surface area contributed by atoms with Gasteiger partial charge < -0.3 is 5.11 Å². The maximum Gasteiger partial charge on any atom is 0.0431 e. The molecule has 1 heteroatoms. The largest absolute Gasteiger partial charge is 0.396 e. The molecule has 1 aliphatic rings. The first kappa shape index (κ1) is 8.79. The highest BCUT2D eigenvalue weighted by molar-refractivity contribution is 4.92. The van der Waals surface area contributed by atoms with Crippen molar-refractivity contribution >= 4 is 0 Å². The zero-order valence-electron chi connectivity index (χ0n) is 7.13. The summed E-state index contributed by atoms with van der Waals surface area (Å²) in [5.41, 5.74) is 0. The van der Waals surface area contributed by atoms with Crippen LogP contribution in [0.1, 0.15) is 38.5 Å². The summed E-state index contributed by atoms with van der Waals surface area (Å²) in [6.07, 6.45) is 12.1. The van der Waals surface area contributed by atoms with Crippen molar-refractivity contribution in [2.24, 2.45) is 5.92 Å². The molecule has 11 heavy (non-hydrogen) atoms. The first-order valence-electron chi connectivity index (χ1n) is 4.71. The van der Waals surface area contributed by atoms with Gasteiger partial charge in [0.15, 0.2) is 0 Å². The lowest BCUT2D eigenvalue weighted by Crippen LogP contribution is -2.00. The molecule has 0 bridgehead atoms. The Labute approximate surface area is 69.1 Å². The van der Waals surface area contributed by atoms with Gasteiger partial charge in [-0.05, 0) is 38.0 Å². The van der Waals surface area contributed by atoms with E-state index in [2.05, 4.69) is 12.2 Å². The summed E-state index contributed by atoms with van der Waals surface area (Å²) in [5.74, 6) is 0.815. The topological polar surface area (TPSA) is 20.2 Å². The summed E-state index contributed by atoms with van der Waals surface area (Å²) < 4.78 is 0. The van der Waals surface area contributed by atoms with Crippen molar-refractivity contribution in [2.45, 2.75) is 38.5 Å². The lowest BCUT2D eigenvalue weighted by atomic mass is 9.91. The van der Waals surface area contributed by atoms with Crippen molar-refractivity contribution in [3.8, 4) is 0 Å². The molecule has 1 N–H and O–H groups in total. The molecule has 0 amide bonds. The Kier molecular flexibility index (Phi) is 4.29. The van der Waals surface area contributed by atoms with Gasteiger partial charge in [-0.25, -0.2) is 0 Å². The van der Waals surface area contributed by atoms with Crippen LogP contribution < -0.4 is 0 Å². The van der Waals surface area contributed by atoms with Crippen LogP contribution in [-0.4, -0.2) is 11.7 Å². The van der Waals surface area contributed by atoms with E-state index in [9.17, 15) is 0 Å². The fourth-order valence-corrected chi connectivity index (χ4v) is 1.64. The van der Waals surface area contributed by atoms with Crippen LogP contribution in [0.3, 0.4) is 0 Å². The molecule has 0 heterocycles. The van der Waals surface area contributed by atoms with Gasteiger partial charge in [-0.1, -0.05) is 18.6 Å². The summed E-state index contributed by atoms with van der Waals surface area (Å²) in [6.45, 7) is 0.358. The molecule has 0 spiro atoms. The van der Waals surface area contributed by atoms with Crippen molar-refractivity contribution in [1.29, 1.82) is 0 Å². The zero-order chi connectivity index (χ0) is 7.94. The number of aliphatic hydroxyl groups is 1. The van der Waals surface area contributed by atoms with E-state index in [0.717, 1.165) is 12.3 Å². The van der Waals surface area contributed by atoms with Gasteiger partial charge in [-0.3, -0.25) is 0 Å². The summed E-state index contributed by atoms with van der Waals surface area (Å²) in [6, 6.07) is 0. The third-order valence-corrected chi connectivity index (χ3v) is 2.34. The zero-order valence-corrected chi connectivity index (χ0v) is 7.13. The SMILES string of the molecule is OCCCC[C@H]1C=CCCC1. The van der Waals surface area contributed by atoms with E-state index in [1.54, 1.807) is 0 Å². The molecule has 0 aromatic carbocycles. The predicted molar refractivity (Wildman–Crippen MR) is 47.4 cm³/mol. The maximum absolute atomic E-state index is 8.58. The van der Waals surface area contributed by atoms with Gasteiger partial charge in [0.1, 0.15) is 0 Å². The molecule has 0 aliphatic heterocycles. The van der Waals surface area contributed by atoms with Crippen molar-refractivity contribution in [2.75, 3.05) is 6.61 Å². The monoisotopic (exact) mass is 154 g/mol. The Morgan fingerprint density at radius 2 is 2.27 bits per heavy atom. The number of hydrogen-bond acceptors (Lipinski definition) is 1. The fourth-order valence-electron chi connectivity index (χ4n) is 1.64. The van der Waals surface area contributed by atoms with Crippen LogP contribution in [0.5, 0.6) is 0 Å². The van der Waals surface area contributed by atoms with E-state index >= 15 is 0 Å². The molecule has 1 atom stereocenters. The Morgan fingerprint density at radius 3 is 2.91 bits per heavy atom. The third-order valence-electron chi connectivity index (χ3n) is 2.34. The van der Waals surface area contributed by atoms with E-state index in [1.807, 2.05) is 0 Å². The second-order valence-electron chi connectivity index (χ2n) is 3.34. The minimum atomic E-state index is 0.358. The van der Waals surface area contributed by atoms with Crippen molar-refractivity contribution in [3.63, 3.8) is 0 Å². The van der Waals surface area contributed by atoms with E-state index in [4.69, 9.17) is 5.11 Å². The number of rotatable bonds is 4. The van der Waals surface area contributed by atoms with Gasteiger partial charge in [0.05, 0.1) is 0 Å². The second kappa shape index (κ2) is 5.36. The summed E-state index contributed by atoms with van der Waals surface area (Å²) in [7, 11) is 0. The second-order valence-corrected chi connectivity index (χ2v) is 3.34. The van der Waals surface area contributed by atoms with Crippen LogP contribution in [0.2, 0.25) is 0 Å². The standard InChI is InChI=1S/C10H18O/c11-9-5-4-8-10-6-2-1-3-7-10/h2,6,10-11H,1,3-5,7-9H2/t10-/m0/s1. The van der Waals surface area contributed by atoms with E-state index in [1.165, 1.54) is 32.1 Å². The van der Waals surface area contributed by atoms with Gasteiger partial charge in [-0.2, -0.15) is 0 Å². The molecule has 64 valence electrons. The fraction of sp³-hybridized carbons (Fsp3) is 0.800. The number of allylic oxidation sites excluding steroid dienone is 2. The predicted octanol–water partition coefficient (Wildman–Crippen LogP) is 2.51. The van der Waals surface area contributed by atoms with Crippen LogP contribution in [0.15, 0.2) is 12.2 Å². The first-order valence-corrected chi connectivity index (χ1v) is 4.71. The molecule has 1 aliphatic carbocycles. The Morgan fingerprint density at radius 1 is 1.36 bits per heavy atom. The summed E-state index contributed by atoms with van der Waals surface area (Å²) in [5, 5.41) is 8.58. The molecule has 0 aromatic rings. The number of hydrogen-bond donors (Lipinski definition) is 1. The lowest BCUT2D eigenvalue weighted by molar-refractivity contribution is 0.279. The highest BCUT2D eigenvalue weighted by Gasteiger charge is 2.06. The minimum absolute atomic E-state index is 0.358.